The van der Waals surface area contributed by atoms with E-state index >= 15 is 0 Å². The number of alkyl carbamates (subject to hydrolysis) is 1. The normalized spacial score (nSPS) is 14.7. The van der Waals surface area contributed by atoms with Crippen LogP contribution in [0.25, 0.3) is 0 Å². The minimum Gasteiger partial charge on any atom is -0.468 e. The zero-order valence-electron chi connectivity index (χ0n) is 14.3. The molecule has 0 saturated heterocycles. The highest BCUT2D eigenvalue weighted by atomic mass is 16.6. The highest BCUT2D eigenvalue weighted by Crippen LogP contribution is 2.12. The maximum Gasteiger partial charge on any atom is 0.407 e. The standard InChI is InChI=1S/C16H29N3O3/c1-6-19(11-13-8-7-9-21-13)14(10-17)12(2)18-15(20)22-16(3,4)5/h7-9,12,14H,6,10-11,17H2,1-5H3,(H,18,20). The molecule has 0 spiro atoms. The van der Waals surface area contributed by atoms with E-state index in [1.807, 2.05) is 39.8 Å². The molecule has 2 unspecified atom stereocenters. The zero-order valence-corrected chi connectivity index (χ0v) is 14.3. The Hall–Kier alpha value is -1.53. The smallest absolute Gasteiger partial charge is 0.407 e. The van der Waals surface area contributed by atoms with Gasteiger partial charge in [0.25, 0.3) is 0 Å². The van der Waals surface area contributed by atoms with Gasteiger partial charge < -0.3 is 20.2 Å². The summed E-state index contributed by atoms with van der Waals surface area (Å²) in [5.41, 5.74) is 5.40. The van der Waals surface area contributed by atoms with E-state index in [1.54, 1.807) is 6.26 Å². The first-order valence-electron chi connectivity index (χ1n) is 7.72. The molecule has 1 aromatic rings. The summed E-state index contributed by atoms with van der Waals surface area (Å²) < 4.78 is 10.7. The van der Waals surface area contributed by atoms with Gasteiger partial charge in [0.2, 0.25) is 0 Å². The van der Waals surface area contributed by atoms with E-state index in [0.717, 1.165) is 12.3 Å². The number of hydrogen-bond acceptors (Lipinski definition) is 5. The Morgan fingerprint density at radius 1 is 1.50 bits per heavy atom. The number of ether oxygens (including phenoxy) is 1. The number of rotatable bonds is 7. The van der Waals surface area contributed by atoms with Crippen molar-refractivity contribution in [3.05, 3.63) is 24.2 Å². The lowest BCUT2D eigenvalue weighted by molar-refractivity contribution is 0.0466. The summed E-state index contributed by atoms with van der Waals surface area (Å²) in [5.74, 6) is 0.879. The van der Waals surface area contributed by atoms with E-state index in [4.69, 9.17) is 14.9 Å². The van der Waals surface area contributed by atoms with E-state index in [2.05, 4.69) is 17.1 Å². The first-order valence-corrected chi connectivity index (χ1v) is 7.72. The third-order valence-corrected chi connectivity index (χ3v) is 3.38. The van der Waals surface area contributed by atoms with Gasteiger partial charge in [-0.1, -0.05) is 6.92 Å². The van der Waals surface area contributed by atoms with Crippen molar-refractivity contribution in [3.63, 3.8) is 0 Å². The molecule has 6 heteroatoms. The van der Waals surface area contributed by atoms with Crippen molar-refractivity contribution < 1.29 is 13.9 Å². The Morgan fingerprint density at radius 2 is 2.18 bits per heavy atom. The molecule has 22 heavy (non-hydrogen) atoms. The van der Waals surface area contributed by atoms with Gasteiger partial charge in [-0.05, 0) is 46.4 Å². The summed E-state index contributed by atoms with van der Waals surface area (Å²) in [4.78, 5) is 14.1. The van der Waals surface area contributed by atoms with E-state index in [-0.39, 0.29) is 12.1 Å². The van der Waals surface area contributed by atoms with Crippen LogP contribution in [0.1, 0.15) is 40.4 Å². The van der Waals surface area contributed by atoms with Crippen molar-refractivity contribution in [2.75, 3.05) is 13.1 Å². The van der Waals surface area contributed by atoms with Crippen molar-refractivity contribution in [3.8, 4) is 0 Å². The van der Waals surface area contributed by atoms with Crippen LogP contribution in [0.3, 0.4) is 0 Å². The van der Waals surface area contributed by atoms with Crippen molar-refractivity contribution in [1.82, 2.24) is 10.2 Å². The molecule has 1 aromatic heterocycles. The van der Waals surface area contributed by atoms with Gasteiger partial charge in [0.1, 0.15) is 11.4 Å². The number of nitrogens with zero attached hydrogens (tertiary/aromatic N) is 1. The third kappa shape index (κ3) is 6.07. The molecule has 1 rings (SSSR count). The van der Waals surface area contributed by atoms with E-state index in [9.17, 15) is 4.79 Å². The molecule has 2 atom stereocenters. The number of carbonyl (C=O) groups excluding carboxylic acids is 1. The number of nitrogens with two attached hydrogens (primary N) is 1. The largest absolute Gasteiger partial charge is 0.468 e. The lowest BCUT2D eigenvalue weighted by Crippen LogP contribution is -2.54. The average Bonchev–Trinajstić information content (AvgIpc) is 2.88. The fourth-order valence-electron chi connectivity index (χ4n) is 2.33. The maximum absolute atomic E-state index is 11.9. The molecule has 3 N–H and O–H groups in total. The highest BCUT2D eigenvalue weighted by molar-refractivity contribution is 5.68. The molecular formula is C16H29N3O3. The summed E-state index contributed by atoms with van der Waals surface area (Å²) >= 11 is 0. The quantitative estimate of drug-likeness (QED) is 0.808. The molecule has 0 fully saturated rings. The third-order valence-electron chi connectivity index (χ3n) is 3.38. The number of nitrogens with one attached hydrogen (secondary N) is 1. The van der Waals surface area contributed by atoms with Crippen LogP contribution in [0.4, 0.5) is 4.79 Å². The van der Waals surface area contributed by atoms with Crippen LogP contribution in [0.2, 0.25) is 0 Å². The number of furan rings is 1. The van der Waals surface area contributed by atoms with Gasteiger partial charge in [-0.25, -0.2) is 4.79 Å². The number of hydrogen-bond donors (Lipinski definition) is 2. The van der Waals surface area contributed by atoms with Crippen LogP contribution in [-0.4, -0.2) is 41.8 Å². The second-order valence-corrected chi connectivity index (χ2v) is 6.38. The first-order chi connectivity index (χ1) is 10.3. The minimum atomic E-state index is -0.513. The van der Waals surface area contributed by atoms with Crippen molar-refractivity contribution in [2.45, 2.75) is 58.8 Å². The Labute approximate surface area is 133 Å². The fourth-order valence-corrected chi connectivity index (χ4v) is 2.33. The van der Waals surface area contributed by atoms with Gasteiger partial charge in [0.05, 0.1) is 12.8 Å². The second kappa shape index (κ2) is 8.19. The van der Waals surface area contributed by atoms with Crippen molar-refractivity contribution in [2.24, 2.45) is 5.73 Å². The fraction of sp³-hybridized carbons (Fsp3) is 0.688. The van der Waals surface area contributed by atoms with Gasteiger partial charge in [0, 0.05) is 18.6 Å². The lowest BCUT2D eigenvalue weighted by Gasteiger charge is -2.34. The topological polar surface area (TPSA) is 80.7 Å². The monoisotopic (exact) mass is 311 g/mol. The molecule has 0 aliphatic carbocycles. The van der Waals surface area contributed by atoms with E-state index in [1.165, 1.54) is 0 Å². The highest BCUT2D eigenvalue weighted by Gasteiger charge is 2.26. The molecule has 1 amide bonds. The molecule has 126 valence electrons. The summed E-state index contributed by atoms with van der Waals surface area (Å²) in [6, 6.07) is 3.67. The van der Waals surface area contributed by atoms with Gasteiger partial charge in [-0.15, -0.1) is 0 Å². The summed E-state index contributed by atoms with van der Waals surface area (Å²) in [5, 5.41) is 2.87. The van der Waals surface area contributed by atoms with Crippen LogP contribution in [0, 0.1) is 0 Å². The lowest BCUT2D eigenvalue weighted by atomic mass is 10.1. The minimum absolute atomic E-state index is 0.00242. The Balaban J connectivity index is 2.65. The van der Waals surface area contributed by atoms with Gasteiger partial charge in [0.15, 0.2) is 0 Å². The first kappa shape index (κ1) is 18.5. The predicted molar refractivity (Wildman–Crippen MR) is 86.5 cm³/mol. The molecule has 0 radical (unpaired) electrons. The van der Waals surface area contributed by atoms with Crippen LogP contribution in [0.15, 0.2) is 22.8 Å². The number of amides is 1. The van der Waals surface area contributed by atoms with E-state index in [0.29, 0.717) is 13.1 Å². The van der Waals surface area contributed by atoms with Crippen LogP contribution in [0.5, 0.6) is 0 Å². The molecule has 0 aliphatic rings. The number of carbonyl (C=O) groups is 1. The van der Waals surface area contributed by atoms with Crippen molar-refractivity contribution in [1.29, 1.82) is 0 Å². The molecule has 0 aromatic carbocycles. The van der Waals surface area contributed by atoms with E-state index < -0.39 is 11.7 Å². The van der Waals surface area contributed by atoms with Crippen LogP contribution in [-0.2, 0) is 11.3 Å². The summed E-state index contributed by atoms with van der Waals surface area (Å²) in [7, 11) is 0. The summed E-state index contributed by atoms with van der Waals surface area (Å²) in [6.45, 7) is 11.4. The Kier molecular flexibility index (Phi) is 6.90. The van der Waals surface area contributed by atoms with Gasteiger partial charge in [-0.3, -0.25) is 4.90 Å². The van der Waals surface area contributed by atoms with Crippen LogP contribution >= 0.6 is 0 Å². The van der Waals surface area contributed by atoms with Gasteiger partial charge in [-0.2, -0.15) is 0 Å². The number of likely N-dealkylation sites (N-methyl/N-ethyl adjacent to an activating group) is 1. The molecule has 0 saturated carbocycles. The predicted octanol–water partition coefficient (Wildman–Crippen LogP) is 2.34. The van der Waals surface area contributed by atoms with Gasteiger partial charge >= 0.3 is 6.09 Å². The average molecular weight is 311 g/mol. The maximum atomic E-state index is 11.9. The molecule has 1 heterocycles. The summed E-state index contributed by atoms with van der Waals surface area (Å²) in [6.07, 6.45) is 1.23. The van der Waals surface area contributed by atoms with Crippen LogP contribution < -0.4 is 11.1 Å². The molecular weight excluding hydrogens is 282 g/mol. The second-order valence-electron chi connectivity index (χ2n) is 6.38. The molecule has 6 nitrogen and oxygen atoms in total. The molecule has 0 bridgehead atoms. The Morgan fingerprint density at radius 3 is 2.64 bits per heavy atom. The zero-order chi connectivity index (χ0) is 16.8. The van der Waals surface area contributed by atoms with Crippen molar-refractivity contribution >= 4 is 6.09 Å². The SMILES string of the molecule is CCN(Cc1ccco1)C(CN)C(C)NC(=O)OC(C)(C)C. The Bertz CT molecular complexity index is 440. The molecule has 0 aliphatic heterocycles.